The van der Waals surface area contributed by atoms with Crippen LogP contribution in [0.3, 0.4) is 0 Å². The summed E-state index contributed by atoms with van der Waals surface area (Å²) in [5.41, 5.74) is 2.87. The molecule has 1 N–H and O–H groups in total. The third-order valence-corrected chi connectivity index (χ3v) is 5.52. The Balaban J connectivity index is 1.39. The average molecular weight is 411 g/mol. The molecule has 3 aromatic rings. The van der Waals surface area contributed by atoms with Crippen molar-refractivity contribution in [2.75, 3.05) is 11.9 Å². The molecule has 0 aliphatic carbocycles. The molecule has 8 heteroatoms. The Kier molecular flexibility index (Phi) is 5.44. The zero-order valence-electron chi connectivity index (χ0n) is 16.3. The summed E-state index contributed by atoms with van der Waals surface area (Å²) in [6, 6.07) is 13.3. The first-order chi connectivity index (χ1) is 14.0. The molecular weight excluding hydrogens is 390 g/mol. The van der Waals surface area contributed by atoms with E-state index >= 15 is 0 Å². The quantitative estimate of drug-likeness (QED) is 0.626. The molecule has 2 aromatic carbocycles. The van der Waals surface area contributed by atoms with Crippen molar-refractivity contribution in [2.45, 2.75) is 37.3 Å². The highest BCUT2D eigenvalue weighted by Gasteiger charge is 2.28. The number of hydrogen-bond acceptors (Lipinski definition) is 7. The first kappa shape index (κ1) is 19.3. The van der Waals surface area contributed by atoms with Gasteiger partial charge in [0.25, 0.3) is 11.1 Å². The van der Waals surface area contributed by atoms with Crippen LogP contribution < -0.4 is 14.8 Å². The maximum absolute atomic E-state index is 12.6. The van der Waals surface area contributed by atoms with Crippen molar-refractivity contribution in [1.29, 1.82) is 0 Å². The number of nitrogens with zero attached hydrogens (tertiary/aromatic N) is 2. The predicted molar refractivity (Wildman–Crippen MR) is 109 cm³/mol. The van der Waals surface area contributed by atoms with Gasteiger partial charge < -0.3 is 19.2 Å². The molecule has 2 atom stereocenters. The molecule has 0 bridgehead atoms. The highest BCUT2D eigenvalue weighted by atomic mass is 32.2. The molecule has 1 aliphatic rings. The Morgan fingerprint density at radius 1 is 1.10 bits per heavy atom. The topological polar surface area (TPSA) is 86.5 Å². The normalized spacial score (nSPS) is 16.3. The highest BCUT2D eigenvalue weighted by Crippen LogP contribution is 2.36. The number of carbonyl (C=O) groups excluding carboxylic acids is 1. The number of amides is 1. The van der Waals surface area contributed by atoms with Crippen molar-refractivity contribution in [3.05, 3.63) is 59.5 Å². The van der Waals surface area contributed by atoms with Crippen LogP contribution in [0.25, 0.3) is 0 Å². The number of ether oxygens (including phenoxy) is 2. The summed E-state index contributed by atoms with van der Waals surface area (Å²) >= 11 is 1.20. The lowest BCUT2D eigenvalue weighted by atomic mass is 10.1. The summed E-state index contributed by atoms with van der Waals surface area (Å²) in [7, 11) is 0. The lowest BCUT2D eigenvalue weighted by Gasteiger charge is -2.23. The van der Waals surface area contributed by atoms with Crippen molar-refractivity contribution >= 4 is 23.4 Å². The minimum absolute atomic E-state index is 0.127. The van der Waals surface area contributed by atoms with E-state index in [-0.39, 0.29) is 12.5 Å². The van der Waals surface area contributed by atoms with E-state index in [9.17, 15) is 4.79 Å². The molecule has 2 heterocycles. The molecule has 29 heavy (non-hydrogen) atoms. The van der Waals surface area contributed by atoms with Gasteiger partial charge in [-0.05, 0) is 44.0 Å². The minimum atomic E-state index is -0.481. The van der Waals surface area contributed by atoms with Gasteiger partial charge >= 0.3 is 0 Å². The van der Waals surface area contributed by atoms with Gasteiger partial charge in [-0.3, -0.25) is 4.79 Å². The second-order valence-electron chi connectivity index (χ2n) is 6.79. The molecule has 4 rings (SSSR count). The molecule has 150 valence electrons. The fourth-order valence-corrected chi connectivity index (χ4v) is 3.67. The Bertz CT molecular complexity index is 1020. The number of anilines is 1. The summed E-state index contributed by atoms with van der Waals surface area (Å²) in [6.45, 7) is 6.02. The van der Waals surface area contributed by atoms with E-state index in [0.29, 0.717) is 22.6 Å². The van der Waals surface area contributed by atoms with E-state index in [2.05, 4.69) is 15.5 Å². The number of aryl methyl sites for hydroxylation is 2. The Morgan fingerprint density at radius 2 is 1.83 bits per heavy atom. The number of hydrogen-bond donors (Lipinski definition) is 1. The Labute approximate surface area is 172 Å². The van der Waals surface area contributed by atoms with Crippen LogP contribution in [0, 0.1) is 13.8 Å². The molecule has 0 saturated carbocycles. The standard InChI is InChI=1S/C21H21N3O4S/c1-12-7-6-8-13(2)18(12)22-19(25)14(3)29-21-24-23-20(28-21)17-11-26-15-9-4-5-10-16(15)27-17/h4-10,14,17H,11H2,1-3H3,(H,22,25)/t14-,17-/m1/s1. The van der Waals surface area contributed by atoms with Crippen LogP contribution in [-0.4, -0.2) is 28.0 Å². The number of aromatic nitrogens is 2. The largest absolute Gasteiger partial charge is 0.485 e. The van der Waals surface area contributed by atoms with Gasteiger partial charge in [-0.1, -0.05) is 42.1 Å². The van der Waals surface area contributed by atoms with Crippen LogP contribution in [0.4, 0.5) is 5.69 Å². The van der Waals surface area contributed by atoms with E-state index in [1.165, 1.54) is 11.8 Å². The number of carbonyl (C=O) groups is 1. The van der Waals surface area contributed by atoms with Crippen molar-refractivity contribution < 1.29 is 18.7 Å². The molecule has 1 aromatic heterocycles. The van der Waals surface area contributed by atoms with Crippen molar-refractivity contribution in [3.8, 4) is 11.5 Å². The smallest absolute Gasteiger partial charge is 0.277 e. The van der Waals surface area contributed by atoms with E-state index in [4.69, 9.17) is 13.9 Å². The van der Waals surface area contributed by atoms with Gasteiger partial charge in [0.2, 0.25) is 12.0 Å². The summed E-state index contributed by atoms with van der Waals surface area (Å²) in [5.74, 6) is 1.52. The van der Waals surface area contributed by atoms with Gasteiger partial charge in [0.1, 0.15) is 6.61 Å². The monoisotopic (exact) mass is 411 g/mol. The van der Waals surface area contributed by atoms with Crippen LogP contribution in [0.15, 0.2) is 52.1 Å². The third-order valence-electron chi connectivity index (χ3n) is 4.58. The number of nitrogens with one attached hydrogen (secondary N) is 1. The summed E-state index contributed by atoms with van der Waals surface area (Å²) in [4.78, 5) is 12.6. The highest BCUT2D eigenvalue weighted by molar-refractivity contribution is 8.00. The molecule has 0 spiro atoms. The van der Waals surface area contributed by atoms with Gasteiger partial charge in [0.15, 0.2) is 11.5 Å². The van der Waals surface area contributed by atoms with Crippen molar-refractivity contribution in [2.24, 2.45) is 0 Å². The zero-order valence-corrected chi connectivity index (χ0v) is 17.2. The average Bonchev–Trinajstić information content (AvgIpc) is 3.18. The molecule has 1 aliphatic heterocycles. The maximum atomic E-state index is 12.6. The summed E-state index contributed by atoms with van der Waals surface area (Å²) < 4.78 is 17.3. The van der Waals surface area contributed by atoms with Gasteiger partial charge in [0.05, 0.1) is 5.25 Å². The number of thioether (sulfide) groups is 1. The molecule has 0 fully saturated rings. The SMILES string of the molecule is Cc1cccc(C)c1NC(=O)[C@@H](C)Sc1nnc([C@H]2COc3ccccc3O2)o1. The van der Waals surface area contributed by atoms with Crippen LogP contribution in [-0.2, 0) is 4.79 Å². The van der Waals surface area contributed by atoms with Crippen LogP contribution in [0.5, 0.6) is 11.5 Å². The molecule has 0 unspecified atom stereocenters. The van der Waals surface area contributed by atoms with Crippen LogP contribution in [0.1, 0.15) is 30.0 Å². The van der Waals surface area contributed by atoms with Gasteiger partial charge in [-0.2, -0.15) is 0 Å². The first-order valence-corrected chi connectivity index (χ1v) is 10.1. The van der Waals surface area contributed by atoms with E-state index in [1.807, 2.05) is 56.3 Å². The van der Waals surface area contributed by atoms with E-state index in [1.54, 1.807) is 6.92 Å². The Morgan fingerprint density at radius 3 is 2.59 bits per heavy atom. The van der Waals surface area contributed by atoms with E-state index < -0.39 is 11.4 Å². The molecule has 0 radical (unpaired) electrons. The molecule has 1 amide bonds. The van der Waals surface area contributed by atoms with Crippen molar-refractivity contribution in [3.63, 3.8) is 0 Å². The van der Waals surface area contributed by atoms with Gasteiger partial charge in [0, 0.05) is 5.69 Å². The van der Waals surface area contributed by atoms with Gasteiger partial charge in [-0.25, -0.2) is 0 Å². The zero-order chi connectivity index (χ0) is 20.4. The maximum Gasteiger partial charge on any atom is 0.277 e. The number of rotatable bonds is 5. The second kappa shape index (κ2) is 8.16. The fourth-order valence-electron chi connectivity index (χ4n) is 2.98. The first-order valence-electron chi connectivity index (χ1n) is 9.27. The Hall–Kier alpha value is -3.00. The summed E-state index contributed by atoms with van der Waals surface area (Å²) in [6.07, 6.45) is -0.481. The summed E-state index contributed by atoms with van der Waals surface area (Å²) in [5, 5.41) is 11.0. The van der Waals surface area contributed by atoms with Crippen LogP contribution >= 0.6 is 11.8 Å². The lowest BCUT2D eigenvalue weighted by molar-refractivity contribution is -0.115. The molecular formula is C21H21N3O4S. The lowest BCUT2D eigenvalue weighted by Crippen LogP contribution is -2.23. The third kappa shape index (κ3) is 4.22. The second-order valence-corrected chi connectivity index (χ2v) is 8.08. The number of benzene rings is 2. The molecule has 7 nitrogen and oxygen atoms in total. The number of fused-ring (bicyclic) bond motifs is 1. The number of para-hydroxylation sites is 3. The van der Waals surface area contributed by atoms with Crippen LogP contribution in [0.2, 0.25) is 0 Å². The minimum Gasteiger partial charge on any atom is -0.485 e. The molecule has 0 saturated heterocycles. The van der Waals surface area contributed by atoms with Gasteiger partial charge in [-0.15, -0.1) is 10.2 Å². The fraction of sp³-hybridized carbons (Fsp3) is 0.286. The van der Waals surface area contributed by atoms with E-state index in [0.717, 1.165) is 16.8 Å². The van der Waals surface area contributed by atoms with Crippen molar-refractivity contribution in [1.82, 2.24) is 10.2 Å². The predicted octanol–water partition coefficient (Wildman–Crippen LogP) is 4.32.